The zero-order valence-corrected chi connectivity index (χ0v) is 9.49. The van der Waals surface area contributed by atoms with Gasteiger partial charge in [0.2, 0.25) is 0 Å². The van der Waals surface area contributed by atoms with Crippen LogP contribution in [0.15, 0.2) is 12.1 Å². The second-order valence-electron chi connectivity index (χ2n) is 3.42. The highest BCUT2D eigenvalue weighted by molar-refractivity contribution is 5.69. The summed E-state index contributed by atoms with van der Waals surface area (Å²) in [7, 11) is 1.36. The van der Waals surface area contributed by atoms with Gasteiger partial charge in [-0.2, -0.15) is 0 Å². The van der Waals surface area contributed by atoms with Gasteiger partial charge in [-0.3, -0.25) is 9.78 Å². The number of hydrogen-bond acceptors (Lipinski definition) is 5. The number of aryl methyl sites for hydroxylation is 1. The lowest BCUT2D eigenvalue weighted by atomic mass is 10.3. The molecule has 0 aliphatic heterocycles. The molecule has 0 aliphatic carbocycles. The molecular weight excluding hydrogens is 208 g/mol. The summed E-state index contributed by atoms with van der Waals surface area (Å²) in [5, 5.41) is 12.5. The van der Waals surface area contributed by atoms with Crippen molar-refractivity contribution >= 4 is 5.97 Å². The Morgan fingerprint density at radius 3 is 3.00 bits per heavy atom. The first-order valence-corrected chi connectivity index (χ1v) is 5.06. The third kappa shape index (κ3) is 3.86. The first kappa shape index (κ1) is 12.4. The minimum atomic E-state index is -0.256. The SMILES string of the molecule is COC(=O)CCNCc1nc(C)ccc1O. The summed E-state index contributed by atoms with van der Waals surface area (Å²) in [6.45, 7) is 2.80. The van der Waals surface area contributed by atoms with E-state index in [0.717, 1.165) is 5.69 Å². The zero-order valence-electron chi connectivity index (χ0n) is 9.49. The Balaban J connectivity index is 2.37. The van der Waals surface area contributed by atoms with Gasteiger partial charge in [0.1, 0.15) is 5.75 Å². The monoisotopic (exact) mass is 224 g/mol. The molecule has 0 aromatic carbocycles. The number of hydrogen-bond donors (Lipinski definition) is 2. The molecule has 0 radical (unpaired) electrons. The predicted octanol–water partition coefficient (Wildman–Crippen LogP) is 0.748. The van der Waals surface area contributed by atoms with Crippen LogP contribution in [0.5, 0.6) is 5.75 Å². The van der Waals surface area contributed by atoms with Gasteiger partial charge in [0.05, 0.1) is 19.2 Å². The van der Waals surface area contributed by atoms with E-state index in [-0.39, 0.29) is 11.7 Å². The summed E-state index contributed by atoms with van der Waals surface area (Å²) in [6, 6.07) is 3.35. The number of carbonyl (C=O) groups is 1. The molecule has 0 amide bonds. The Labute approximate surface area is 94.5 Å². The molecule has 0 spiro atoms. The van der Waals surface area contributed by atoms with Gasteiger partial charge in [0.25, 0.3) is 0 Å². The maximum atomic E-state index is 10.8. The molecule has 0 unspecified atom stereocenters. The Bertz CT molecular complexity index is 366. The van der Waals surface area contributed by atoms with E-state index in [1.807, 2.05) is 6.92 Å². The number of rotatable bonds is 5. The second kappa shape index (κ2) is 6.07. The number of carbonyl (C=O) groups excluding carboxylic acids is 1. The summed E-state index contributed by atoms with van der Waals surface area (Å²) >= 11 is 0. The number of esters is 1. The average molecular weight is 224 g/mol. The van der Waals surface area contributed by atoms with Crippen LogP contribution in [0.4, 0.5) is 0 Å². The molecule has 0 fully saturated rings. The third-order valence-electron chi connectivity index (χ3n) is 2.12. The fourth-order valence-corrected chi connectivity index (χ4v) is 1.23. The molecule has 1 rings (SSSR count). The Hall–Kier alpha value is -1.62. The van der Waals surface area contributed by atoms with E-state index in [9.17, 15) is 9.90 Å². The van der Waals surface area contributed by atoms with Crippen LogP contribution < -0.4 is 5.32 Å². The van der Waals surface area contributed by atoms with Gasteiger partial charge in [0, 0.05) is 18.8 Å². The van der Waals surface area contributed by atoms with E-state index in [0.29, 0.717) is 25.2 Å². The molecule has 0 atom stereocenters. The molecule has 5 heteroatoms. The van der Waals surface area contributed by atoms with Crippen molar-refractivity contribution in [1.82, 2.24) is 10.3 Å². The van der Waals surface area contributed by atoms with Gasteiger partial charge in [0.15, 0.2) is 0 Å². The Kier molecular flexibility index (Phi) is 4.72. The highest BCUT2D eigenvalue weighted by atomic mass is 16.5. The standard InChI is InChI=1S/C11H16N2O3/c1-8-3-4-10(14)9(13-8)7-12-6-5-11(15)16-2/h3-4,12,14H,5-7H2,1-2H3. The van der Waals surface area contributed by atoms with Gasteiger partial charge < -0.3 is 15.2 Å². The smallest absolute Gasteiger partial charge is 0.306 e. The number of ether oxygens (including phenoxy) is 1. The molecule has 16 heavy (non-hydrogen) atoms. The van der Waals surface area contributed by atoms with Gasteiger partial charge >= 0.3 is 5.97 Å². The lowest BCUT2D eigenvalue weighted by Crippen LogP contribution is -2.19. The maximum Gasteiger partial charge on any atom is 0.306 e. The number of nitrogens with zero attached hydrogens (tertiary/aromatic N) is 1. The van der Waals surface area contributed by atoms with E-state index in [1.54, 1.807) is 12.1 Å². The van der Waals surface area contributed by atoms with Crippen molar-refractivity contribution in [1.29, 1.82) is 0 Å². The largest absolute Gasteiger partial charge is 0.506 e. The highest BCUT2D eigenvalue weighted by Crippen LogP contribution is 2.13. The molecule has 0 saturated heterocycles. The van der Waals surface area contributed by atoms with E-state index in [1.165, 1.54) is 7.11 Å². The summed E-state index contributed by atoms with van der Waals surface area (Å²) in [5.41, 5.74) is 1.44. The molecule has 88 valence electrons. The average Bonchev–Trinajstić information content (AvgIpc) is 2.28. The van der Waals surface area contributed by atoms with Crippen molar-refractivity contribution in [2.45, 2.75) is 19.9 Å². The molecule has 0 bridgehead atoms. The van der Waals surface area contributed by atoms with Gasteiger partial charge in [-0.05, 0) is 19.1 Å². The molecule has 1 heterocycles. The number of methoxy groups -OCH3 is 1. The Morgan fingerprint density at radius 2 is 2.31 bits per heavy atom. The minimum Gasteiger partial charge on any atom is -0.506 e. The molecule has 0 aliphatic rings. The summed E-state index contributed by atoms with van der Waals surface area (Å²) in [4.78, 5) is 15.0. The van der Waals surface area contributed by atoms with Gasteiger partial charge in [-0.15, -0.1) is 0 Å². The van der Waals surface area contributed by atoms with Crippen molar-refractivity contribution in [3.63, 3.8) is 0 Å². The van der Waals surface area contributed by atoms with Crippen LogP contribution in [-0.2, 0) is 16.1 Å². The predicted molar refractivity (Wildman–Crippen MR) is 59.0 cm³/mol. The van der Waals surface area contributed by atoms with Crippen LogP contribution in [0.3, 0.4) is 0 Å². The number of nitrogens with one attached hydrogen (secondary N) is 1. The molecule has 5 nitrogen and oxygen atoms in total. The van der Waals surface area contributed by atoms with Crippen molar-refractivity contribution < 1.29 is 14.6 Å². The molecule has 1 aromatic rings. The summed E-state index contributed by atoms with van der Waals surface area (Å²) in [6.07, 6.45) is 0.309. The van der Waals surface area contributed by atoms with E-state index in [4.69, 9.17) is 0 Å². The first-order chi connectivity index (χ1) is 7.63. The van der Waals surface area contributed by atoms with E-state index < -0.39 is 0 Å². The van der Waals surface area contributed by atoms with Crippen molar-refractivity contribution in [2.75, 3.05) is 13.7 Å². The highest BCUT2D eigenvalue weighted by Gasteiger charge is 2.03. The van der Waals surface area contributed by atoms with E-state index in [2.05, 4.69) is 15.0 Å². The number of aromatic nitrogens is 1. The fraction of sp³-hybridized carbons (Fsp3) is 0.455. The van der Waals surface area contributed by atoms with E-state index >= 15 is 0 Å². The molecule has 2 N–H and O–H groups in total. The van der Waals surface area contributed by atoms with Crippen molar-refractivity contribution in [2.24, 2.45) is 0 Å². The minimum absolute atomic E-state index is 0.163. The van der Waals surface area contributed by atoms with Crippen LogP contribution in [0.2, 0.25) is 0 Å². The lowest BCUT2D eigenvalue weighted by molar-refractivity contribution is -0.140. The number of aromatic hydroxyl groups is 1. The second-order valence-corrected chi connectivity index (χ2v) is 3.42. The van der Waals surface area contributed by atoms with Crippen LogP contribution in [0.25, 0.3) is 0 Å². The quantitative estimate of drug-likeness (QED) is 0.570. The fourth-order valence-electron chi connectivity index (χ4n) is 1.23. The number of pyridine rings is 1. The van der Waals surface area contributed by atoms with Crippen LogP contribution in [-0.4, -0.2) is 29.7 Å². The zero-order chi connectivity index (χ0) is 12.0. The molecular formula is C11H16N2O3. The molecule has 1 aromatic heterocycles. The van der Waals surface area contributed by atoms with Crippen molar-refractivity contribution in [3.05, 3.63) is 23.5 Å². The Morgan fingerprint density at radius 1 is 1.56 bits per heavy atom. The maximum absolute atomic E-state index is 10.8. The normalized spacial score (nSPS) is 10.1. The first-order valence-electron chi connectivity index (χ1n) is 5.06. The van der Waals surface area contributed by atoms with Gasteiger partial charge in [-0.1, -0.05) is 0 Å². The van der Waals surface area contributed by atoms with Crippen LogP contribution >= 0.6 is 0 Å². The van der Waals surface area contributed by atoms with Gasteiger partial charge in [-0.25, -0.2) is 0 Å². The summed E-state index contributed by atoms with van der Waals surface area (Å²) in [5.74, 6) is -0.0925. The van der Waals surface area contributed by atoms with Crippen LogP contribution in [0, 0.1) is 6.92 Å². The van der Waals surface area contributed by atoms with Crippen molar-refractivity contribution in [3.8, 4) is 5.75 Å². The summed E-state index contributed by atoms with van der Waals surface area (Å²) < 4.78 is 4.50. The lowest BCUT2D eigenvalue weighted by Gasteiger charge is -2.06. The molecule has 0 saturated carbocycles. The van der Waals surface area contributed by atoms with Crippen LogP contribution in [0.1, 0.15) is 17.8 Å². The topological polar surface area (TPSA) is 71.5 Å². The third-order valence-corrected chi connectivity index (χ3v) is 2.12.